The second-order valence-electron chi connectivity index (χ2n) is 11.5. The number of aromatic nitrogens is 1. The number of benzene rings is 6. The van der Waals surface area contributed by atoms with Crippen LogP contribution < -0.4 is 0 Å². The summed E-state index contributed by atoms with van der Waals surface area (Å²) in [6.07, 6.45) is 0. The first-order valence-electron chi connectivity index (χ1n) is 16.2. The summed E-state index contributed by atoms with van der Waals surface area (Å²) in [5.41, 5.74) is 6.98. The summed E-state index contributed by atoms with van der Waals surface area (Å²) >= 11 is 0. The van der Waals surface area contributed by atoms with Crippen LogP contribution in [0.1, 0.15) is 6.92 Å². The van der Waals surface area contributed by atoms with E-state index in [1.54, 1.807) is 48.5 Å². The van der Waals surface area contributed by atoms with Crippen molar-refractivity contribution < 1.29 is 9.85 Å². The van der Waals surface area contributed by atoms with Gasteiger partial charge in [-0.15, -0.1) is 0 Å². The van der Waals surface area contributed by atoms with Crippen molar-refractivity contribution in [1.82, 2.24) is 4.57 Å². The maximum absolute atomic E-state index is 10.8. The maximum atomic E-state index is 10.8. The van der Waals surface area contributed by atoms with Gasteiger partial charge in [-0.3, -0.25) is 20.2 Å². The fraction of sp³-hybridized carbons (Fsp3) is 0.0526. The molecule has 0 saturated carbocycles. The Hall–Kier alpha value is -7.68. The molecule has 1 heterocycles. The Morgan fingerprint density at radius 2 is 0.660 bits per heavy atom. The molecule has 0 unspecified atom stereocenters. The molecule has 0 fully saturated rings. The number of aryl methyl sites for hydroxylation is 1. The first-order chi connectivity index (χ1) is 25.8. The quantitative estimate of drug-likeness (QED) is 0.0736. The molecule has 0 aliphatic carbocycles. The smallest absolute Gasteiger partial charge is 0.269 e. The van der Waals surface area contributed by atoms with Gasteiger partial charge < -0.3 is 4.57 Å². The van der Waals surface area contributed by atoms with Gasteiger partial charge in [0.15, 0.2) is 0 Å². The lowest BCUT2D eigenvalue weighted by Crippen LogP contribution is -1.92. The Labute approximate surface area is 300 Å². The van der Waals surface area contributed by atoms with E-state index >= 15 is 0 Å². The van der Waals surface area contributed by atoms with Crippen LogP contribution >= 0.6 is 0 Å². The van der Waals surface area contributed by atoms with E-state index in [4.69, 9.17) is 0 Å². The minimum atomic E-state index is -0.463. The number of nitro groups is 2. The lowest BCUT2D eigenvalue weighted by molar-refractivity contribution is -0.385. The predicted molar refractivity (Wildman–Crippen MR) is 201 cm³/mol. The molecule has 0 bridgehead atoms. The Kier molecular flexibility index (Phi) is 9.60. The molecule has 6 aromatic carbocycles. The molecule has 0 saturated heterocycles. The third-order valence-corrected chi connectivity index (χ3v) is 8.09. The number of azo groups is 4. The summed E-state index contributed by atoms with van der Waals surface area (Å²) in [5.74, 6) is 0. The first-order valence-corrected chi connectivity index (χ1v) is 16.2. The molecule has 0 aliphatic rings. The van der Waals surface area contributed by atoms with Crippen molar-refractivity contribution in [1.29, 1.82) is 0 Å². The first kappa shape index (κ1) is 33.8. The Morgan fingerprint density at radius 3 is 0.925 bits per heavy atom. The Bertz CT molecular complexity index is 2400. The summed E-state index contributed by atoms with van der Waals surface area (Å²) in [4.78, 5) is 20.8. The van der Waals surface area contributed by atoms with Gasteiger partial charge in [0.05, 0.1) is 55.3 Å². The molecule has 0 radical (unpaired) electrons. The largest absolute Gasteiger partial charge is 0.341 e. The molecule has 53 heavy (non-hydrogen) atoms. The number of rotatable bonds is 11. The molecule has 0 atom stereocenters. The molecule has 15 heteroatoms. The molecule has 0 spiro atoms. The number of fused-ring (bicyclic) bond motifs is 3. The van der Waals surface area contributed by atoms with Crippen LogP contribution in [0.2, 0.25) is 0 Å². The van der Waals surface area contributed by atoms with Crippen LogP contribution in [-0.2, 0) is 6.54 Å². The second-order valence-corrected chi connectivity index (χ2v) is 11.5. The van der Waals surface area contributed by atoms with Gasteiger partial charge in [-0.05, 0) is 116 Å². The molecule has 15 nitrogen and oxygen atoms in total. The molecular weight excluding hydrogens is 674 g/mol. The van der Waals surface area contributed by atoms with Gasteiger partial charge in [-0.2, -0.15) is 40.9 Å². The number of nitrogens with zero attached hydrogens (tertiary/aromatic N) is 11. The van der Waals surface area contributed by atoms with Gasteiger partial charge in [0.2, 0.25) is 0 Å². The summed E-state index contributed by atoms with van der Waals surface area (Å²) in [6, 6.07) is 37.8. The average Bonchev–Trinajstić information content (AvgIpc) is 3.50. The van der Waals surface area contributed by atoms with Crippen LogP contribution in [0, 0.1) is 20.2 Å². The molecule has 0 aliphatic heterocycles. The van der Waals surface area contributed by atoms with E-state index in [1.165, 1.54) is 48.5 Å². The highest BCUT2D eigenvalue weighted by atomic mass is 16.6. The topological polar surface area (TPSA) is 190 Å². The minimum absolute atomic E-state index is 0.00762. The Morgan fingerprint density at radius 1 is 0.415 bits per heavy atom. The van der Waals surface area contributed by atoms with Gasteiger partial charge in [0.25, 0.3) is 11.4 Å². The number of hydrogen-bond donors (Lipinski definition) is 0. The SMILES string of the molecule is CCn1c2ccc(N=Nc3ccc(N=Nc4ccc([N+](=O)[O-])cc4)cc3)cc2c2cc(N=Nc3ccc(N=Nc4ccc([N+](=O)[O-])cc4)cc3)ccc21. The average molecular weight is 702 g/mol. The van der Waals surface area contributed by atoms with E-state index in [0.717, 1.165) is 28.4 Å². The fourth-order valence-electron chi connectivity index (χ4n) is 5.46. The maximum Gasteiger partial charge on any atom is 0.269 e. The summed E-state index contributed by atoms with van der Waals surface area (Å²) in [5, 5.41) is 58.2. The van der Waals surface area contributed by atoms with Crippen molar-refractivity contribution in [2.45, 2.75) is 13.5 Å². The van der Waals surface area contributed by atoms with Gasteiger partial charge in [-0.25, -0.2) is 0 Å². The van der Waals surface area contributed by atoms with Crippen molar-refractivity contribution >= 4 is 78.7 Å². The van der Waals surface area contributed by atoms with Crippen LogP contribution in [0.4, 0.5) is 56.9 Å². The zero-order valence-corrected chi connectivity index (χ0v) is 28.0. The van der Waals surface area contributed by atoms with Gasteiger partial charge >= 0.3 is 0 Å². The van der Waals surface area contributed by atoms with Crippen molar-refractivity contribution in [2.24, 2.45) is 40.9 Å². The van der Waals surface area contributed by atoms with Crippen LogP contribution in [-0.4, -0.2) is 14.4 Å². The third-order valence-electron chi connectivity index (χ3n) is 8.09. The lowest BCUT2D eigenvalue weighted by Gasteiger charge is -2.03. The van der Waals surface area contributed by atoms with E-state index in [9.17, 15) is 20.2 Å². The molecule has 258 valence electrons. The van der Waals surface area contributed by atoms with E-state index in [-0.39, 0.29) is 11.4 Å². The minimum Gasteiger partial charge on any atom is -0.341 e. The van der Waals surface area contributed by atoms with E-state index in [2.05, 4.69) is 52.4 Å². The predicted octanol–water partition coefficient (Wildman–Crippen LogP) is 13.3. The molecule has 0 N–H and O–H groups in total. The second kappa shape index (κ2) is 15.1. The molecule has 1 aromatic heterocycles. The van der Waals surface area contributed by atoms with E-state index < -0.39 is 9.85 Å². The number of non-ortho nitro benzene ring substituents is 2. The lowest BCUT2D eigenvalue weighted by atomic mass is 10.1. The summed E-state index contributed by atoms with van der Waals surface area (Å²) in [7, 11) is 0. The van der Waals surface area contributed by atoms with Crippen LogP contribution in [0.25, 0.3) is 21.8 Å². The van der Waals surface area contributed by atoms with Crippen LogP contribution in [0.3, 0.4) is 0 Å². The van der Waals surface area contributed by atoms with Crippen molar-refractivity contribution in [3.05, 3.63) is 154 Å². The zero-order valence-electron chi connectivity index (χ0n) is 28.0. The van der Waals surface area contributed by atoms with E-state index in [0.29, 0.717) is 45.5 Å². The van der Waals surface area contributed by atoms with Gasteiger partial charge in [0, 0.05) is 52.6 Å². The van der Waals surface area contributed by atoms with Crippen molar-refractivity contribution in [3.8, 4) is 0 Å². The summed E-state index contributed by atoms with van der Waals surface area (Å²) < 4.78 is 2.24. The van der Waals surface area contributed by atoms with Gasteiger partial charge in [-0.1, -0.05) is 0 Å². The standard InChI is InChI=1S/C38H27N11O4/c1-2-47-37-21-15-31(45-43-27-7-3-25(4-8-27)39-41-29-11-17-33(18-12-29)48(50)51)23-35(37)36-24-32(16-22-38(36)47)46-44-28-9-5-26(6-10-28)40-42-30-13-19-34(20-14-30)49(52)53/h3-24H,2H2,1H3. The number of nitro benzene ring substituents is 2. The normalized spacial score (nSPS) is 11.9. The highest BCUT2D eigenvalue weighted by Crippen LogP contribution is 2.35. The third kappa shape index (κ3) is 7.89. The van der Waals surface area contributed by atoms with Crippen LogP contribution in [0.15, 0.2) is 174 Å². The molecule has 0 amide bonds. The fourth-order valence-corrected chi connectivity index (χ4v) is 5.46. The highest BCUT2D eigenvalue weighted by Gasteiger charge is 2.12. The summed E-state index contributed by atoms with van der Waals surface area (Å²) in [6.45, 7) is 2.88. The monoisotopic (exact) mass is 701 g/mol. The van der Waals surface area contributed by atoms with Crippen molar-refractivity contribution in [2.75, 3.05) is 0 Å². The Balaban J connectivity index is 1.05. The molecule has 7 rings (SSSR count). The zero-order chi connectivity index (χ0) is 36.7. The molecular formula is C38H27N11O4. The van der Waals surface area contributed by atoms with Gasteiger partial charge in [0.1, 0.15) is 0 Å². The van der Waals surface area contributed by atoms with Crippen LogP contribution in [0.5, 0.6) is 0 Å². The molecule has 7 aromatic rings. The number of hydrogen-bond acceptors (Lipinski definition) is 12. The highest BCUT2D eigenvalue weighted by molar-refractivity contribution is 6.09. The van der Waals surface area contributed by atoms with Crippen molar-refractivity contribution in [3.63, 3.8) is 0 Å². The van der Waals surface area contributed by atoms with E-state index in [1.807, 2.05) is 36.4 Å².